The summed E-state index contributed by atoms with van der Waals surface area (Å²) in [5.74, 6) is 2.95. The third kappa shape index (κ3) is 2.07. The van der Waals surface area contributed by atoms with E-state index in [1.54, 1.807) is 0 Å². The summed E-state index contributed by atoms with van der Waals surface area (Å²) in [5, 5.41) is 0. The summed E-state index contributed by atoms with van der Waals surface area (Å²) in [5.41, 5.74) is 2.79. The van der Waals surface area contributed by atoms with E-state index in [-0.39, 0.29) is 6.04 Å². The highest BCUT2D eigenvalue weighted by Gasteiger charge is 2.23. The number of nitrogens with zero attached hydrogens (tertiary/aromatic N) is 1. The summed E-state index contributed by atoms with van der Waals surface area (Å²) in [7, 11) is 0. The highest BCUT2D eigenvalue weighted by atomic mass is 15.2. The Morgan fingerprint density at radius 1 is 1.44 bits per heavy atom. The van der Waals surface area contributed by atoms with Crippen LogP contribution in [-0.4, -0.2) is 12.6 Å². The van der Waals surface area contributed by atoms with E-state index < -0.39 is 0 Å². The van der Waals surface area contributed by atoms with Crippen molar-refractivity contribution in [1.82, 2.24) is 0 Å². The molecular formula is C15H19N. The standard InChI is InChI=1S/C15H19N/c1-3-5-9-14(4-2)16-12-11-13-8-6-7-10-15(13)16/h2,6-8,10,14H,3,5,9,11-12H2,1H3/t14-/m0/s1. The van der Waals surface area contributed by atoms with Gasteiger partial charge in [-0.15, -0.1) is 6.42 Å². The number of terminal acetylenes is 1. The van der Waals surface area contributed by atoms with Crippen LogP contribution in [0.15, 0.2) is 24.3 Å². The Morgan fingerprint density at radius 3 is 3.00 bits per heavy atom. The first kappa shape index (κ1) is 11.1. The zero-order chi connectivity index (χ0) is 11.4. The first-order valence-corrected chi connectivity index (χ1v) is 6.17. The van der Waals surface area contributed by atoms with Gasteiger partial charge >= 0.3 is 0 Å². The van der Waals surface area contributed by atoms with Crippen LogP contribution in [0.4, 0.5) is 5.69 Å². The molecule has 1 aliphatic heterocycles. The summed E-state index contributed by atoms with van der Waals surface area (Å²) in [6.45, 7) is 3.30. The van der Waals surface area contributed by atoms with Crippen molar-refractivity contribution in [2.75, 3.05) is 11.4 Å². The predicted octanol–water partition coefficient (Wildman–Crippen LogP) is 3.24. The van der Waals surface area contributed by atoms with Crippen molar-refractivity contribution in [3.8, 4) is 12.3 Å². The molecule has 0 aromatic heterocycles. The van der Waals surface area contributed by atoms with Gasteiger partial charge in [0.15, 0.2) is 0 Å². The van der Waals surface area contributed by atoms with Gasteiger partial charge in [-0.3, -0.25) is 0 Å². The van der Waals surface area contributed by atoms with Crippen LogP contribution in [0, 0.1) is 12.3 Å². The van der Waals surface area contributed by atoms with Crippen molar-refractivity contribution in [3.05, 3.63) is 29.8 Å². The molecule has 1 heterocycles. The topological polar surface area (TPSA) is 3.24 Å². The van der Waals surface area contributed by atoms with Gasteiger partial charge < -0.3 is 4.90 Å². The molecule has 0 amide bonds. The fraction of sp³-hybridized carbons (Fsp3) is 0.467. The molecule has 0 spiro atoms. The zero-order valence-electron chi connectivity index (χ0n) is 9.95. The predicted molar refractivity (Wildman–Crippen MR) is 69.6 cm³/mol. The number of benzene rings is 1. The molecule has 0 bridgehead atoms. The lowest BCUT2D eigenvalue weighted by atomic mass is 10.1. The van der Waals surface area contributed by atoms with Crippen LogP contribution in [0.3, 0.4) is 0 Å². The largest absolute Gasteiger partial charge is 0.357 e. The van der Waals surface area contributed by atoms with Crippen LogP contribution < -0.4 is 4.90 Å². The summed E-state index contributed by atoms with van der Waals surface area (Å²) in [4.78, 5) is 2.39. The third-order valence-electron chi connectivity index (χ3n) is 3.32. The van der Waals surface area contributed by atoms with Crippen LogP contribution in [-0.2, 0) is 6.42 Å². The maximum Gasteiger partial charge on any atom is 0.0901 e. The van der Waals surface area contributed by atoms with Gasteiger partial charge in [-0.25, -0.2) is 0 Å². The average Bonchev–Trinajstić information content (AvgIpc) is 2.75. The molecule has 0 aliphatic carbocycles. The summed E-state index contributed by atoms with van der Waals surface area (Å²) in [6.07, 6.45) is 10.3. The van der Waals surface area contributed by atoms with Gasteiger partial charge in [-0.1, -0.05) is 43.9 Å². The molecule has 2 rings (SSSR count). The van der Waals surface area contributed by atoms with E-state index in [0.29, 0.717) is 0 Å². The molecule has 1 aliphatic rings. The quantitative estimate of drug-likeness (QED) is 0.694. The summed E-state index contributed by atoms with van der Waals surface area (Å²) in [6, 6.07) is 8.90. The molecule has 1 heteroatoms. The molecule has 0 saturated carbocycles. The Bertz CT molecular complexity index is 389. The Morgan fingerprint density at radius 2 is 2.25 bits per heavy atom. The van der Waals surface area contributed by atoms with Crippen LogP contribution in [0.1, 0.15) is 31.7 Å². The van der Waals surface area contributed by atoms with Gasteiger partial charge in [-0.2, -0.15) is 0 Å². The lowest BCUT2D eigenvalue weighted by Crippen LogP contribution is -2.32. The molecule has 1 aromatic rings. The maximum atomic E-state index is 5.66. The van der Waals surface area contributed by atoms with Crippen molar-refractivity contribution in [2.45, 2.75) is 38.6 Å². The number of unbranched alkanes of at least 4 members (excludes halogenated alkanes) is 1. The van der Waals surface area contributed by atoms with Crippen molar-refractivity contribution in [1.29, 1.82) is 0 Å². The fourth-order valence-electron chi connectivity index (χ4n) is 2.41. The van der Waals surface area contributed by atoms with Crippen molar-refractivity contribution in [2.24, 2.45) is 0 Å². The van der Waals surface area contributed by atoms with E-state index in [2.05, 4.69) is 42.0 Å². The van der Waals surface area contributed by atoms with E-state index in [4.69, 9.17) is 6.42 Å². The first-order chi connectivity index (χ1) is 7.86. The van der Waals surface area contributed by atoms with Crippen LogP contribution in [0.5, 0.6) is 0 Å². The summed E-state index contributed by atoms with van der Waals surface area (Å²) < 4.78 is 0. The molecule has 0 saturated heterocycles. The van der Waals surface area contributed by atoms with Crippen molar-refractivity contribution >= 4 is 5.69 Å². The Kier molecular flexibility index (Phi) is 3.51. The van der Waals surface area contributed by atoms with Crippen LogP contribution in [0.2, 0.25) is 0 Å². The molecule has 1 nitrogen and oxygen atoms in total. The second-order valence-electron chi connectivity index (χ2n) is 4.40. The van der Waals surface area contributed by atoms with Gasteiger partial charge in [0.05, 0.1) is 6.04 Å². The smallest absolute Gasteiger partial charge is 0.0901 e. The zero-order valence-corrected chi connectivity index (χ0v) is 9.95. The van der Waals surface area contributed by atoms with Gasteiger partial charge in [0.25, 0.3) is 0 Å². The van der Waals surface area contributed by atoms with Crippen LogP contribution in [0.25, 0.3) is 0 Å². The number of anilines is 1. The normalized spacial score (nSPS) is 15.6. The van der Waals surface area contributed by atoms with E-state index in [1.807, 2.05) is 0 Å². The monoisotopic (exact) mass is 213 g/mol. The highest BCUT2D eigenvalue weighted by molar-refractivity contribution is 5.59. The molecule has 84 valence electrons. The molecule has 0 N–H and O–H groups in total. The number of hydrogen-bond donors (Lipinski definition) is 0. The maximum absolute atomic E-state index is 5.66. The molecule has 16 heavy (non-hydrogen) atoms. The lowest BCUT2D eigenvalue weighted by Gasteiger charge is -2.26. The fourth-order valence-corrected chi connectivity index (χ4v) is 2.41. The minimum absolute atomic E-state index is 0.281. The van der Waals surface area contributed by atoms with Gasteiger partial charge in [0.1, 0.15) is 0 Å². The van der Waals surface area contributed by atoms with Gasteiger partial charge in [0, 0.05) is 12.2 Å². The van der Waals surface area contributed by atoms with E-state index in [1.165, 1.54) is 24.1 Å². The molecule has 0 radical (unpaired) electrons. The Hall–Kier alpha value is -1.42. The minimum atomic E-state index is 0.281. The number of fused-ring (bicyclic) bond motifs is 1. The van der Waals surface area contributed by atoms with Gasteiger partial charge in [-0.05, 0) is 24.5 Å². The van der Waals surface area contributed by atoms with E-state index >= 15 is 0 Å². The molecule has 1 aromatic carbocycles. The number of rotatable bonds is 4. The number of para-hydroxylation sites is 1. The SMILES string of the molecule is C#C[C@@H](CCCC)N1CCc2ccccc21. The van der Waals surface area contributed by atoms with Crippen molar-refractivity contribution < 1.29 is 0 Å². The Balaban J connectivity index is 2.14. The Labute approximate surface area is 98.5 Å². The highest BCUT2D eigenvalue weighted by Crippen LogP contribution is 2.30. The molecule has 0 unspecified atom stereocenters. The molecule has 0 fully saturated rings. The third-order valence-corrected chi connectivity index (χ3v) is 3.32. The second-order valence-corrected chi connectivity index (χ2v) is 4.40. The lowest BCUT2D eigenvalue weighted by molar-refractivity contribution is 0.623. The van der Waals surface area contributed by atoms with Crippen molar-refractivity contribution in [3.63, 3.8) is 0 Å². The minimum Gasteiger partial charge on any atom is -0.357 e. The van der Waals surface area contributed by atoms with Crippen LogP contribution >= 0.6 is 0 Å². The van der Waals surface area contributed by atoms with E-state index in [0.717, 1.165) is 19.4 Å². The second kappa shape index (κ2) is 5.07. The average molecular weight is 213 g/mol. The number of hydrogen-bond acceptors (Lipinski definition) is 1. The summed E-state index contributed by atoms with van der Waals surface area (Å²) >= 11 is 0. The van der Waals surface area contributed by atoms with E-state index in [9.17, 15) is 0 Å². The molecular weight excluding hydrogens is 194 g/mol. The first-order valence-electron chi connectivity index (χ1n) is 6.17. The molecule has 1 atom stereocenters. The van der Waals surface area contributed by atoms with Gasteiger partial charge in [0.2, 0.25) is 0 Å².